The Kier molecular flexibility index (Phi) is 5.10. The van der Waals surface area contributed by atoms with Gasteiger partial charge in [-0.2, -0.15) is 4.37 Å². The average molecular weight is 381 g/mol. The summed E-state index contributed by atoms with van der Waals surface area (Å²) >= 11 is 5.03. The first-order chi connectivity index (χ1) is 10.7. The lowest BCUT2D eigenvalue weighted by molar-refractivity contribution is 0.198. The van der Waals surface area contributed by atoms with Crippen molar-refractivity contribution in [3.05, 3.63) is 40.1 Å². The summed E-state index contributed by atoms with van der Waals surface area (Å²) < 4.78 is 5.53. The molecule has 1 aliphatic rings. The SMILES string of the molecule is CCc1nsc(N2CCN(C(C)c3ccc(Br)cc3)CC2)n1. The van der Waals surface area contributed by atoms with E-state index < -0.39 is 0 Å². The number of halogens is 1. The van der Waals surface area contributed by atoms with E-state index in [9.17, 15) is 0 Å². The van der Waals surface area contributed by atoms with Gasteiger partial charge in [-0.1, -0.05) is 35.0 Å². The van der Waals surface area contributed by atoms with Crippen LogP contribution in [0.15, 0.2) is 28.7 Å². The molecule has 0 radical (unpaired) electrons. The summed E-state index contributed by atoms with van der Waals surface area (Å²) in [6.45, 7) is 8.58. The number of anilines is 1. The number of hydrogen-bond acceptors (Lipinski definition) is 5. The molecule has 4 nitrogen and oxygen atoms in total. The smallest absolute Gasteiger partial charge is 0.205 e. The lowest BCUT2D eigenvalue weighted by atomic mass is 10.1. The first-order valence-electron chi connectivity index (χ1n) is 7.74. The predicted molar refractivity (Wildman–Crippen MR) is 95.6 cm³/mol. The minimum atomic E-state index is 0.455. The van der Waals surface area contributed by atoms with Crippen molar-refractivity contribution < 1.29 is 0 Å². The van der Waals surface area contributed by atoms with E-state index in [0.29, 0.717) is 6.04 Å². The largest absolute Gasteiger partial charge is 0.344 e. The Bertz CT molecular complexity index is 605. The van der Waals surface area contributed by atoms with Crippen LogP contribution in [0.1, 0.15) is 31.3 Å². The highest BCUT2D eigenvalue weighted by atomic mass is 79.9. The van der Waals surface area contributed by atoms with Gasteiger partial charge >= 0.3 is 0 Å². The number of benzene rings is 1. The summed E-state index contributed by atoms with van der Waals surface area (Å²) in [5, 5.41) is 1.08. The number of aryl methyl sites for hydroxylation is 1. The molecule has 0 bridgehead atoms. The molecule has 1 unspecified atom stereocenters. The minimum Gasteiger partial charge on any atom is -0.344 e. The number of nitrogens with zero attached hydrogens (tertiary/aromatic N) is 4. The van der Waals surface area contributed by atoms with Crippen molar-refractivity contribution in [3.63, 3.8) is 0 Å². The van der Waals surface area contributed by atoms with Gasteiger partial charge in [-0.15, -0.1) is 0 Å². The standard InChI is InChI=1S/C16H21BrN4S/c1-3-15-18-16(22-19-15)21-10-8-20(9-11-21)12(2)13-4-6-14(17)7-5-13/h4-7,12H,3,8-11H2,1-2H3. The zero-order valence-electron chi connectivity index (χ0n) is 13.0. The van der Waals surface area contributed by atoms with E-state index >= 15 is 0 Å². The number of aromatic nitrogens is 2. The second-order valence-corrected chi connectivity index (χ2v) is 7.24. The maximum Gasteiger partial charge on any atom is 0.205 e. The summed E-state index contributed by atoms with van der Waals surface area (Å²) in [6.07, 6.45) is 0.914. The summed E-state index contributed by atoms with van der Waals surface area (Å²) in [5.74, 6) is 0.964. The summed E-state index contributed by atoms with van der Waals surface area (Å²) in [5.41, 5.74) is 1.38. The number of rotatable bonds is 4. The minimum absolute atomic E-state index is 0.455. The van der Waals surface area contributed by atoms with Crippen LogP contribution >= 0.6 is 27.5 Å². The van der Waals surface area contributed by atoms with Gasteiger partial charge in [0.15, 0.2) is 0 Å². The Morgan fingerprint density at radius 2 is 1.86 bits per heavy atom. The van der Waals surface area contributed by atoms with Crippen molar-refractivity contribution >= 4 is 32.6 Å². The molecule has 118 valence electrons. The predicted octanol–water partition coefficient (Wildman–Crippen LogP) is 3.75. The monoisotopic (exact) mass is 380 g/mol. The van der Waals surface area contributed by atoms with E-state index in [1.807, 2.05) is 0 Å². The van der Waals surface area contributed by atoms with Gasteiger partial charge in [0.1, 0.15) is 5.82 Å². The topological polar surface area (TPSA) is 32.3 Å². The van der Waals surface area contributed by atoms with Gasteiger partial charge in [0.2, 0.25) is 5.13 Å². The molecule has 0 saturated carbocycles. The fourth-order valence-electron chi connectivity index (χ4n) is 2.77. The maximum absolute atomic E-state index is 4.60. The van der Waals surface area contributed by atoms with Gasteiger partial charge in [-0.3, -0.25) is 4.90 Å². The van der Waals surface area contributed by atoms with Crippen molar-refractivity contribution in [1.29, 1.82) is 0 Å². The van der Waals surface area contributed by atoms with E-state index in [1.165, 1.54) is 17.1 Å². The van der Waals surface area contributed by atoms with Gasteiger partial charge in [-0.25, -0.2) is 4.98 Å². The molecule has 1 aromatic carbocycles. The van der Waals surface area contributed by atoms with E-state index in [4.69, 9.17) is 0 Å². The van der Waals surface area contributed by atoms with E-state index in [0.717, 1.165) is 48.0 Å². The molecule has 0 aliphatic carbocycles. The molecule has 1 fully saturated rings. The third kappa shape index (κ3) is 3.50. The first-order valence-corrected chi connectivity index (χ1v) is 9.31. The number of piperazine rings is 1. The zero-order chi connectivity index (χ0) is 15.5. The van der Waals surface area contributed by atoms with Gasteiger partial charge < -0.3 is 4.90 Å². The van der Waals surface area contributed by atoms with Crippen LogP contribution in [-0.2, 0) is 6.42 Å². The third-order valence-corrected chi connectivity index (χ3v) is 5.60. The van der Waals surface area contributed by atoms with Crippen LogP contribution in [0.4, 0.5) is 5.13 Å². The van der Waals surface area contributed by atoms with Crippen LogP contribution in [0.2, 0.25) is 0 Å². The van der Waals surface area contributed by atoms with Gasteiger partial charge in [0.25, 0.3) is 0 Å². The molecule has 2 aromatic rings. The molecule has 3 rings (SSSR count). The number of hydrogen-bond donors (Lipinski definition) is 0. The molecule has 0 spiro atoms. The average Bonchev–Trinajstić information content (AvgIpc) is 3.04. The summed E-state index contributed by atoms with van der Waals surface area (Å²) in [7, 11) is 0. The van der Waals surface area contributed by atoms with Crippen molar-refractivity contribution in [2.45, 2.75) is 26.3 Å². The third-order valence-electron chi connectivity index (χ3n) is 4.26. The van der Waals surface area contributed by atoms with Crippen molar-refractivity contribution in [2.24, 2.45) is 0 Å². The fraction of sp³-hybridized carbons (Fsp3) is 0.500. The van der Waals surface area contributed by atoms with Gasteiger partial charge in [0.05, 0.1) is 0 Å². The fourth-order valence-corrected chi connectivity index (χ4v) is 3.83. The van der Waals surface area contributed by atoms with Crippen molar-refractivity contribution in [1.82, 2.24) is 14.3 Å². The van der Waals surface area contributed by atoms with Crippen molar-refractivity contribution in [3.8, 4) is 0 Å². The molecule has 1 aliphatic heterocycles. The van der Waals surface area contributed by atoms with Gasteiger partial charge in [-0.05, 0) is 24.6 Å². The Hall–Kier alpha value is -0.980. The van der Waals surface area contributed by atoms with Crippen LogP contribution in [0, 0.1) is 0 Å². The van der Waals surface area contributed by atoms with Crippen LogP contribution in [0.3, 0.4) is 0 Å². The molecule has 2 heterocycles. The highest BCUT2D eigenvalue weighted by Gasteiger charge is 2.23. The Balaban J connectivity index is 1.60. The molecular formula is C16H21BrN4S. The van der Waals surface area contributed by atoms with E-state index in [1.54, 1.807) is 0 Å². The van der Waals surface area contributed by atoms with E-state index in [-0.39, 0.29) is 0 Å². The molecular weight excluding hydrogens is 360 g/mol. The highest BCUT2D eigenvalue weighted by Crippen LogP contribution is 2.25. The van der Waals surface area contributed by atoms with Crippen LogP contribution in [0.25, 0.3) is 0 Å². The lowest BCUT2D eigenvalue weighted by Crippen LogP contribution is -2.47. The molecule has 6 heteroatoms. The Morgan fingerprint density at radius 3 is 2.45 bits per heavy atom. The lowest BCUT2D eigenvalue weighted by Gasteiger charge is -2.38. The summed E-state index contributed by atoms with van der Waals surface area (Å²) in [4.78, 5) is 9.51. The van der Waals surface area contributed by atoms with Gasteiger partial charge in [0, 0.05) is 54.6 Å². The molecule has 22 heavy (non-hydrogen) atoms. The molecule has 0 amide bonds. The molecule has 1 atom stereocenters. The molecule has 1 saturated heterocycles. The first kappa shape index (κ1) is 15.9. The van der Waals surface area contributed by atoms with Crippen LogP contribution in [0.5, 0.6) is 0 Å². The zero-order valence-corrected chi connectivity index (χ0v) is 15.4. The van der Waals surface area contributed by atoms with Crippen molar-refractivity contribution in [2.75, 3.05) is 31.1 Å². The second kappa shape index (κ2) is 7.06. The normalized spacial score (nSPS) is 17.7. The molecule has 1 aromatic heterocycles. The Labute approximate surface area is 144 Å². The molecule has 0 N–H and O–H groups in total. The van der Waals surface area contributed by atoms with Crippen LogP contribution in [-0.4, -0.2) is 40.4 Å². The second-order valence-electron chi connectivity index (χ2n) is 5.60. The van der Waals surface area contributed by atoms with Crippen LogP contribution < -0.4 is 4.90 Å². The summed E-state index contributed by atoms with van der Waals surface area (Å²) in [6, 6.07) is 9.11. The Morgan fingerprint density at radius 1 is 1.18 bits per heavy atom. The van der Waals surface area contributed by atoms with E-state index in [2.05, 4.69) is 73.2 Å². The quantitative estimate of drug-likeness (QED) is 0.808. The highest BCUT2D eigenvalue weighted by molar-refractivity contribution is 9.10. The maximum atomic E-state index is 4.60.